The molecule has 0 aromatic carbocycles. The minimum atomic E-state index is -3.18. The van der Waals surface area contributed by atoms with Gasteiger partial charge in [-0.2, -0.15) is 4.98 Å². The van der Waals surface area contributed by atoms with Crippen molar-refractivity contribution >= 4 is 21.8 Å². The van der Waals surface area contributed by atoms with Crippen molar-refractivity contribution < 1.29 is 12.8 Å². The average molecular weight is 277 g/mol. The number of hydrogen-bond donors (Lipinski definition) is 3. The van der Waals surface area contributed by atoms with Crippen LogP contribution in [0.2, 0.25) is 0 Å². The third-order valence-corrected chi connectivity index (χ3v) is 2.71. The maximum Gasteiger partial charge on any atom is 0.224 e. The first-order valence-electron chi connectivity index (χ1n) is 5.31. The number of sulfonamides is 1. The van der Waals surface area contributed by atoms with Crippen molar-refractivity contribution in [3.8, 4) is 0 Å². The number of rotatable bonds is 7. The molecule has 18 heavy (non-hydrogen) atoms. The largest absolute Gasteiger partial charge is 0.367 e. The Morgan fingerprint density at radius 3 is 2.72 bits per heavy atom. The maximum atomic E-state index is 13.3. The van der Waals surface area contributed by atoms with Crippen LogP contribution in [-0.2, 0) is 10.0 Å². The molecule has 3 N–H and O–H groups in total. The molecule has 9 heteroatoms. The molecule has 0 fully saturated rings. The smallest absolute Gasteiger partial charge is 0.224 e. The van der Waals surface area contributed by atoms with E-state index in [1.54, 1.807) is 7.05 Å². The highest BCUT2D eigenvalue weighted by Crippen LogP contribution is 2.10. The van der Waals surface area contributed by atoms with Gasteiger partial charge in [-0.05, 0) is 6.42 Å². The van der Waals surface area contributed by atoms with Gasteiger partial charge in [-0.25, -0.2) is 22.5 Å². The van der Waals surface area contributed by atoms with Gasteiger partial charge in [0.05, 0.1) is 12.5 Å². The van der Waals surface area contributed by atoms with E-state index in [0.717, 1.165) is 12.5 Å². The number of hydrogen-bond acceptors (Lipinski definition) is 6. The van der Waals surface area contributed by atoms with E-state index in [-0.39, 0.29) is 12.4 Å². The summed E-state index contributed by atoms with van der Waals surface area (Å²) in [5, 5.41) is 5.47. The van der Waals surface area contributed by atoms with E-state index < -0.39 is 15.8 Å². The molecular weight excluding hydrogens is 261 g/mol. The first-order valence-corrected chi connectivity index (χ1v) is 7.20. The molecule has 0 spiro atoms. The highest BCUT2D eigenvalue weighted by molar-refractivity contribution is 7.88. The number of aromatic nitrogens is 2. The highest BCUT2D eigenvalue weighted by Gasteiger charge is 2.05. The van der Waals surface area contributed by atoms with Crippen LogP contribution >= 0.6 is 0 Å². The molecule has 1 rings (SSSR count). The molecule has 0 saturated heterocycles. The van der Waals surface area contributed by atoms with Gasteiger partial charge in [0.1, 0.15) is 0 Å². The number of halogens is 1. The van der Waals surface area contributed by atoms with E-state index in [0.29, 0.717) is 18.9 Å². The van der Waals surface area contributed by atoms with E-state index in [4.69, 9.17) is 0 Å². The van der Waals surface area contributed by atoms with Crippen LogP contribution < -0.4 is 15.4 Å². The van der Waals surface area contributed by atoms with Gasteiger partial charge in [0, 0.05) is 20.1 Å². The van der Waals surface area contributed by atoms with Gasteiger partial charge < -0.3 is 10.6 Å². The Morgan fingerprint density at radius 2 is 2.11 bits per heavy atom. The van der Waals surface area contributed by atoms with Gasteiger partial charge in [-0.3, -0.25) is 0 Å². The Balaban J connectivity index is 2.39. The molecule has 0 radical (unpaired) electrons. The Hall–Kier alpha value is -1.48. The van der Waals surface area contributed by atoms with Gasteiger partial charge in [0.25, 0.3) is 0 Å². The lowest BCUT2D eigenvalue weighted by atomic mass is 10.4. The first kappa shape index (κ1) is 14.6. The van der Waals surface area contributed by atoms with E-state index >= 15 is 0 Å². The van der Waals surface area contributed by atoms with Crippen molar-refractivity contribution in [2.45, 2.75) is 6.42 Å². The van der Waals surface area contributed by atoms with Crippen LogP contribution in [0.15, 0.2) is 6.20 Å². The second-order valence-electron chi connectivity index (χ2n) is 3.59. The van der Waals surface area contributed by atoms with Crippen molar-refractivity contribution in [1.82, 2.24) is 14.7 Å². The molecule has 0 aliphatic heterocycles. The molecule has 0 atom stereocenters. The van der Waals surface area contributed by atoms with E-state index in [9.17, 15) is 12.8 Å². The monoisotopic (exact) mass is 277 g/mol. The first-order chi connectivity index (χ1) is 8.42. The topological polar surface area (TPSA) is 96.0 Å². The molecular formula is C9H16FN5O2S. The summed E-state index contributed by atoms with van der Waals surface area (Å²) in [7, 11) is -1.54. The predicted octanol–water partition coefficient (Wildman–Crippen LogP) is 0.00860. The summed E-state index contributed by atoms with van der Waals surface area (Å²) in [5.41, 5.74) is 0. The van der Waals surface area contributed by atoms with Gasteiger partial charge in [0.15, 0.2) is 11.6 Å². The van der Waals surface area contributed by atoms with Crippen molar-refractivity contribution in [2.24, 2.45) is 0 Å². The van der Waals surface area contributed by atoms with Crippen LogP contribution in [0.5, 0.6) is 0 Å². The van der Waals surface area contributed by atoms with Crippen LogP contribution in [0, 0.1) is 5.82 Å². The molecule has 1 heterocycles. The molecule has 102 valence electrons. The average Bonchev–Trinajstić information content (AvgIpc) is 2.29. The summed E-state index contributed by atoms with van der Waals surface area (Å²) < 4.78 is 37.2. The minimum absolute atomic E-state index is 0.0914. The van der Waals surface area contributed by atoms with Crippen LogP contribution in [0.1, 0.15) is 6.42 Å². The zero-order valence-corrected chi connectivity index (χ0v) is 11.0. The minimum Gasteiger partial charge on any atom is -0.367 e. The Morgan fingerprint density at radius 1 is 1.39 bits per heavy atom. The molecule has 7 nitrogen and oxygen atoms in total. The quantitative estimate of drug-likeness (QED) is 0.608. The molecule has 0 saturated carbocycles. The lowest BCUT2D eigenvalue weighted by molar-refractivity contribution is 0.585. The summed E-state index contributed by atoms with van der Waals surface area (Å²) in [6.07, 6.45) is 2.67. The van der Waals surface area contributed by atoms with Crippen LogP contribution in [0.3, 0.4) is 0 Å². The number of anilines is 2. The summed E-state index contributed by atoms with van der Waals surface area (Å²) in [6.45, 7) is 0.691. The third-order valence-electron chi connectivity index (χ3n) is 1.98. The number of nitrogens with one attached hydrogen (secondary N) is 3. The standard InChI is InChI=1S/C9H16FN5O2S/c1-11-9-13-6-7(10)8(15-9)12-4-3-5-14-18(2,16)17/h6,14H,3-5H2,1-2H3,(H2,11,12,13,15). The normalized spacial score (nSPS) is 11.3. The number of nitrogens with zero attached hydrogens (tertiary/aromatic N) is 2. The zero-order chi connectivity index (χ0) is 13.6. The molecule has 0 bridgehead atoms. The Bertz CT molecular complexity index is 494. The predicted molar refractivity (Wildman–Crippen MR) is 67.5 cm³/mol. The SMILES string of the molecule is CNc1ncc(F)c(NCCCNS(C)(=O)=O)n1. The van der Waals surface area contributed by atoms with Crippen molar-refractivity contribution in [1.29, 1.82) is 0 Å². The van der Waals surface area contributed by atoms with Gasteiger partial charge in [-0.15, -0.1) is 0 Å². The summed E-state index contributed by atoms with van der Waals surface area (Å²) in [4.78, 5) is 7.60. The summed E-state index contributed by atoms with van der Waals surface area (Å²) in [5.74, 6) is -0.146. The van der Waals surface area contributed by atoms with Gasteiger partial charge in [0.2, 0.25) is 16.0 Å². The van der Waals surface area contributed by atoms with Crippen molar-refractivity contribution in [3.05, 3.63) is 12.0 Å². The molecule has 0 amide bonds. The van der Waals surface area contributed by atoms with Crippen LogP contribution in [0.4, 0.5) is 16.2 Å². The van der Waals surface area contributed by atoms with E-state index in [1.807, 2.05) is 0 Å². The molecule has 1 aromatic heterocycles. The fourth-order valence-corrected chi connectivity index (χ4v) is 1.68. The second kappa shape index (κ2) is 6.45. The second-order valence-corrected chi connectivity index (χ2v) is 5.42. The van der Waals surface area contributed by atoms with Crippen molar-refractivity contribution in [3.63, 3.8) is 0 Å². The molecule has 0 aliphatic carbocycles. The van der Waals surface area contributed by atoms with Crippen molar-refractivity contribution in [2.75, 3.05) is 37.0 Å². The van der Waals surface area contributed by atoms with Gasteiger partial charge >= 0.3 is 0 Å². The lowest BCUT2D eigenvalue weighted by Gasteiger charge is -2.07. The Kier molecular flexibility index (Phi) is 5.23. The molecule has 0 unspecified atom stereocenters. The summed E-state index contributed by atoms with van der Waals surface area (Å²) in [6, 6.07) is 0. The highest BCUT2D eigenvalue weighted by atomic mass is 32.2. The molecule has 0 aliphatic rings. The van der Waals surface area contributed by atoms with E-state index in [2.05, 4.69) is 25.3 Å². The zero-order valence-electron chi connectivity index (χ0n) is 10.2. The fourth-order valence-electron chi connectivity index (χ4n) is 1.16. The van der Waals surface area contributed by atoms with Crippen LogP contribution in [0.25, 0.3) is 0 Å². The lowest BCUT2D eigenvalue weighted by Crippen LogP contribution is -2.24. The third kappa shape index (κ3) is 5.23. The fraction of sp³-hybridized carbons (Fsp3) is 0.556. The maximum absolute atomic E-state index is 13.3. The van der Waals surface area contributed by atoms with Crippen LogP contribution in [-0.4, -0.2) is 44.8 Å². The van der Waals surface area contributed by atoms with Gasteiger partial charge in [-0.1, -0.05) is 0 Å². The summed E-state index contributed by atoms with van der Waals surface area (Å²) >= 11 is 0. The molecule has 1 aromatic rings. The van der Waals surface area contributed by atoms with E-state index in [1.165, 1.54) is 0 Å². The Labute approximate surface area is 105 Å².